The third-order valence-corrected chi connectivity index (χ3v) is 5.52. The summed E-state index contributed by atoms with van der Waals surface area (Å²) >= 11 is 5.47. The van der Waals surface area contributed by atoms with Gasteiger partial charge in [0.05, 0.1) is 0 Å². The van der Waals surface area contributed by atoms with Crippen molar-refractivity contribution in [3.05, 3.63) is 72.3 Å². The molecule has 2 aromatic carbocycles. The first-order chi connectivity index (χ1) is 15.2. The number of nitrogens with one attached hydrogen (secondary N) is 2. The fourth-order valence-electron chi connectivity index (χ4n) is 3.64. The number of hydrogen-bond acceptors (Lipinski definition) is 5. The van der Waals surface area contributed by atoms with E-state index in [0.29, 0.717) is 29.5 Å². The van der Waals surface area contributed by atoms with Gasteiger partial charge in [-0.25, -0.2) is 0 Å². The van der Waals surface area contributed by atoms with E-state index >= 15 is 0 Å². The Morgan fingerprint density at radius 2 is 1.81 bits per heavy atom. The van der Waals surface area contributed by atoms with Gasteiger partial charge < -0.3 is 20.3 Å². The number of aromatic nitrogens is 2. The van der Waals surface area contributed by atoms with E-state index in [4.69, 9.17) is 21.9 Å². The molecule has 4 rings (SSSR count). The average molecular weight is 434 g/mol. The van der Waals surface area contributed by atoms with Crippen LogP contribution in [0.15, 0.2) is 66.7 Å². The Balaban J connectivity index is 1.52. The zero-order chi connectivity index (χ0) is 21.5. The van der Waals surface area contributed by atoms with E-state index in [2.05, 4.69) is 39.6 Å². The van der Waals surface area contributed by atoms with Gasteiger partial charge >= 0.3 is 0 Å². The maximum Gasteiger partial charge on any atom is 0.234 e. The van der Waals surface area contributed by atoms with E-state index in [0.717, 1.165) is 36.5 Å². The lowest BCUT2D eigenvalue weighted by Gasteiger charge is -2.34. The van der Waals surface area contributed by atoms with E-state index < -0.39 is 0 Å². The number of hydrogen-bond donors (Lipinski definition) is 2. The van der Waals surface area contributed by atoms with E-state index in [1.807, 2.05) is 54.6 Å². The summed E-state index contributed by atoms with van der Waals surface area (Å²) in [6.07, 6.45) is 3.55. The summed E-state index contributed by atoms with van der Waals surface area (Å²) in [6.45, 7) is 3.83. The molecular weight excluding hydrogens is 406 g/mol. The molecule has 0 bridgehead atoms. The number of anilines is 2. The number of benzene rings is 2. The summed E-state index contributed by atoms with van der Waals surface area (Å²) in [5.74, 6) is 2.49. The Kier molecular flexibility index (Phi) is 6.94. The molecule has 1 aliphatic rings. The molecule has 6 nitrogen and oxygen atoms in total. The summed E-state index contributed by atoms with van der Waals surface area (Å²) < 4.78 is 6.02. The molecule has 0 radical (unpaired) electrons. The minimum atomic E-state index is 0.421. The average Bonchev–Trinajstić information content (AvgIpc) is 2.79. The molecule has 1 atom stereocenters. The van der Waals surface area contributed by atoms with Gasteiger partial charge in [0.25, 0.3) is 0 Å². The Morgan fingerprint density at radius 1 is 1.06 bits per heavy atom. The van der Waals surface area contributed by atoms with Crippen LogP contribution in [0.5, 0.6) is 11.6 Å². The highest BCUT2D eigenvalue weighted by atomic mass is 32.1. The maximum atomic E-state index is 6.02. The molecular formula is C24H27N5OS. The van der Waals surface area contributed by atoms with Crippen LogP contribution in [0, 0.1) is 0 Å². The largest absolute Gasteiger partial charge is 0.439 e. The minimum Gasteiger partial charge on any atom is -0.439 e. The van der Waals surface area contributed by atoms with Crippen LogP contribution in [0.1, 0.15) is 31.7 Å². The van der Waals surface area contributed by atoms with Gasteiger partial charge in [0, 0.05) is 25.2 Å². The van der Waals surface area contributed by atoms with Crippen molar-refractivity contribution in [2.75, 3.05) is 16.8 Å². The van der Waals surface area contributed by atoms with Gasteiger partial charge in [-0.1, -0.05) is 48.5 Å². The van der Waals surface area contributed by atoms with Gasteiger partial charge in [-0.3, -0.25) is 0 Å². The van der Waals surface area contributed by atoms with Crippen molar-refractivity contribution in [3.63, 3.8) is 0 Å². The molecule has 0 spiro atoms. The SMILES string of the molecule is C[C@@H]1CCCCN1c1cc(Oc2ccccc2)nc(NC(=S)NCc2ccccc2)n1. The molecule has 31 heavy (non-hydrogen) atoms. The Labute approximate surface area is 188 Å². The predicted octanol–water partition coefficient (Wildman–Crippen LogP) is 5.13. The number of para-hydroxylation sites is 1. The normalized spacial score (nSPS) is 15.9. The van der Waals surface area contributed by atoms with Crippen LogP contribution >= 0.6 is 12.2 Å². The van der Waals surface area contributed by atoms with Gasteiger partial charge in [-0.15, -0.1) is 0 Å². The molecule has 1 aliphatic heterocycles. The number of nitrogens with zero attached hydrogens (tertiary/aromatic N) is 3. The Hall–Kier alpha value is -3.19. The molecule has 160 valence electrons. The van der Waals surface area contributed by atoms with Crippen LogP contribution in [0.25, 0.3) is 0 Å². The fraction of sp³-hybridized carbons (Fsp3) is 0.292. The number of piperidine rings is 1. The zero-order valence-corrected chi connectivity index (χ0v) is 18.4. The smallest absolute Gasteiger partial charge is 0.234 e. The first-order valence-corrected chi connectivity index (χ1v) is 11.1. The lowest BCUT2D eigenvalue weighted by molar-refractivity contribution is 0.457. The highest BCUT2D eigenvalue weighted by molar-refractivity contribution is 7.80. The molecule has 0 amide bonds. The second-order valence-corrected chi connectivity index (χ2v) is 8.04. The predicted molar refractivity (Wildman–Crippen MR) is 129 cm³/mol. The summed E-state index contributed by atoms with van der Waals surface area (Å²) in [5, 5.41) is 6.81. The van der Waals surface area contributed by atoms with Gasteiger partial charge in [0.15, 0.2) is 5.11 Å². The van der Waals surface area contributed by atoms with Gasteiger partial charge in [0.2, 0.25) is 11.8 Å². The van der Waals surface area contributed by atoms with Crippen molar-refractivity contribution < 1.29 is 4.74 Å². The topological polar surface area (TPSA) is 62.3 Å². The molecule has 7 heteroatoms. The van der Waals surface area contributed by atoms with Gasteiger partial charge in [-0.05, 0) is 56.1 Å². The maximum absolute atomic E-state index is 6.02. The first-order valence-electron chi connectivity index (χ1n) is 10.6. The van der Waals surface area contributed by atoms with Crippen LogP contribution in [0.4, 0.5) is 11.8 Å². The Bertz CT molecular complexity index is 999. The monoisotopic (exact) mass is 433 g/mol. The summed E-state index contributed by atoms with van der Waals surface area (Å²) in [7, 11) is 0. The van der Waals surface area contributed by atoms with Crippen LogP contribution in [0.2, 0.25) is 0 Å². The quantitative estimate of drug-likeness (QED) is 0.522. The van der Waals surface area contributed by atoms with Crippen molar-refractivity contribution in [2.45, 2.75) is 38.8 Å². The van der Waals surface area contributed by atoms with Crippen molar-refractivity contribution >= 4 is 29.1 Å². The first kappa shape index (κ1) is 21.1. The van der Waals surface area contributed by atoms with Gasteiger partial charge in [-0.2, -0.15) is 9.97 Å². The van der Waals surface area contributed by atoms with Crippen molar-refractivity contribution in [1.82, 2.24) is 15.3 Å². The molecule has 1 aromatic heterocycles. The third kappa shape index (κ3) is 5.92. The summed E-state index contributed by atoms with van der Waals surface area (Å²) in [4.78, 5) is 11.6. The fourth-order valence-corrected chi connectivity index (χ4v) is 3.80. The molecule has 1 saturated heterocycles. The Morgan fingerprint density at radius 3 is 2.55 bits per heavy atom. The lowest BCUT2D eigenvalue weighted by atomic mass is 10.0. The lowest BCUT2D eigenvalue weighted by Crippen LogP contribution is -2.38. The highest BCUT2D eigenvalue weighted by Crippen LogP contribution is 2.28. The number of rotatable bonds is 6. The minimum absolute atomic E-state index is 0.421. The standard InChI is InChI=1S/C24H27N5OS/c1-18-10-8-9-15-29(18)21-16-22(30-20-13-6-3-7-14-20)27-23(26-21)28-24(31)25-17-19-11-4-2-5-12-19/h2-7,11-14,16,18H,8-10,15,17H2,1H3,(H2,25,26,27,28,31)/t18-/m1/s1. The molecule has 0 unspecified atom stereocenters. The highest BCUT2D eigenvalue weighted by Gasteiger charge is 2.21. The zero-order valence-electron chi connectivity index (χ0n) is 17.6. The van der Waals surface area contributed by atoms with Crippen LogP contribution in [-0.2, 0) is 6.54 Å². The van der Waals surface area contributed by atoms with E-state index in [1.54, 1.807) is 0 Å². The second-order valence-electron chi connectivity index (χ2n) is 7.63. The second kappa shape index (κ2) is 10.2. The van der Waals surface area contributed by atoms with Crippen LogP contribution in [0.3, 0.4) is 0 Å². The molecule has 2 N–H and O–H groups in total. The van der Waals surface area contributed by atoms with Crippen molar-refractivity contribution in [2.24, 2.45) is 0 Å². The number of ether oxygens (including phenoxy) is 1. The van der Waals surface area contributed by atoms with Gasteiger partial charge in [0.1, 0.15) is 11.6 Å². The summed E-state index contributed by atoms with van der Waals surface area (Å²) in [6, 6.07) is 22.1. The number of thiocarbonyl (C=S) groups is 1. The summed E-state index contributed by atoms with van der Waals surface area (Å²) in [5.41, 5.74) is 1.15. The van der Waals surface area contributed by atoms with Crippen molar-refractivity contribution in [1.29, 1.82) is 0 Å². The molecule has 1 fully saturated rings. The third-order valence-electron chi connectivity index (χ3n) is 5.27. The molecule has 2 heterocycles. The van der Waals surface area contributed by atoms with Crippen molar-refractivity contribution in [3.8, 4) is 11.6 Å². The molecule has 0 aliphatic carbocycles. The van der Waals surface area contributed by atoms with E-state index in [1.165, 1.54) is 6.42 Å². The van der Waals surface area contributed by atoms with Crippen LogP contribution < -0.4 is 20.3 Å². The molecule has 0 saturated carbocycles. The van der Waals surface area contributed by atoms with E-state index in [-0.39, 0.29) is 0 Å². The molecule has 3 aromatic rings. The van der Waals surface area contributed by atoms with Crippen LogP contribution in [-0.4, -0.2) is 27.7 Å². The van der Waals surface area contributed by atoms with E-state index in [9.17, 15) is 0 Å².